The molecule has 23 heavy (non-hydrogen) atoms. The van der Waals surface area contributed by atoms with Crippen molar-refractivity contribution in [2.75, 3.05) is 7.11 Å². The van der Waals surface area contributed by atoms with Gasteiger partial charge < -0.3 is 4.74 Å². The van der Waals surface area contributed by atoms with E-state index in [1.165, 1.54) is 42.4 Å². The van der Waals surface area contributed by atoms with Crippen molar-refractivity contribution in [3.8, 4) is 16.9 Å². The number of methoxy groups -OCH3 is 1. The fraction of sp³-hybridized carbons (Fsp3) is 0.143. The van der Waals surface area contributed by atoms with E-state index in [4.69, 9.17) is 4.74 Å². The zero-order valence-corrected chi connectivity index (χ0v) is 14.3. The van der Waals surface area contributed by atoms with E-state index in [1.54, 1.807) is 7.11 Å². The molecule has 1 nitrogen and oxygen atoms in total. The monoisotopic (exact) mass is 318 g/mol. The van der Waals surface area contributed by atoms with Crippen LogP contribution in [0.15, 0.2) is 54.6 Å². The molecule has 0 N–H and O–H groups in total. The number of hydrogen-bond acceptors (Lipinski definition) is 2. The third kappa shape index (κ3) is 2.13. The summed E-state index contributed by atoms with van der Waals surface area (Å²) in [6.07, 6.45) is 0. The first kappa shape index (κ1) is 14.3. The lowest BCUT2D eigenvalue weighted by atomic mass is 9.95. The lowest BCUT2D eigenvalue weighted by Crippen LogP contribution is -1.92. The van der Waals surface area contributed by atoms with Gasteiger partial charge in [0.1, 0.15) is 5.75 Å². The second-order valence-corrected chi connectivity index (χ2v) is 6.92. The Balaban J connectivity index is 2.17. The van der Waals surface area contributed by atoms with Crippen LogP contribution in [0.2, 0.25) is 0 Å². The van der Waals surface area contributed by atoms with Crippen molar-refractivity contribution in [1.29, 1.82) is 0 Å². The van der Waals surface area contributed by atoms with Crippen LogP contribution in [0.3, 0.4) is 0 Å². The van der Waals surface area contributed by atoms with Crippen LogP contribution in [0.5, 0.6) is 5.75 Å². The Bertz CT molecular complexity index is 1030. The second-order valence-electron chi connectivity index (χ2n) is 5.87. The molecule has 0 aliphatic rings. The molecule has 2 heteroatoms. The quantitative estimate of drug-likeness (QED) is 0.418. The van der Waals surface area contributed by atoms with Gasteiger partial charge in [-0.3, -0.25) is 0 Å². The molecule has 0 bridgehead atoms. The molecule has 1 aromatic heterocycles. The zero-order chi connectivity index (χ0) is 16.0. The van der Waals surface area contributed by atoms with Crippen molar-refractivity contribution in [3.63, 3.8) is 0 Å². The molecule has 0 spiro atoms. The van der Waals surface area contributed by atoms with E-state index in [0.29, 0.717) is 0 Å². The van der Waals surface area contributed by atoms with Crippen LogP contribution in [0.4, 0.5) is 0 Å². The molecule has 0 radical (unpaired) electrons. The van der Waals surface area contributed by atoms with Gasteiger partial charge in [0, 0.05) is 25.7 Å². The van der Waals surface area contributed by atoms with Gasteiger partial charge in [0.05, 0.1) is 7.11 Å². The Morgan fingerprint density at radius 2 is 1.65 bits per heavy atom. The molecule has 4 aromatic rings. The summed E-state index contributed by atoms with van der Waals surface area (Å²) in [6.45, 7) is 4.35. The molecular formula is C21H18OS. The van der Waals surface area contributed by atoms with Gasteiger partial charge in [0.2, 0.25) is 0 Å². The fourth-order valence-corrected chi connectivity index (χ4v) is 4.47. The fourth-order valence-electron chi connectivity index (χ4n) is 3.22. The normalized spacial score (nSPS) is 11.3. The van der Waals surface area contributed by atoms with E-state index in [1.807, 2.05) is 11.3 Å². The first-order valence-corrected chi connectivity index (χ1v) is 8.57. The highest BCUT2D eigenvalue weighted by Crippen LogP contribution is 2.45. The van der Waals surface area contributed by atoms with Crippen molar-refractivity contribution < 1.29 is 4.74 Å². The first-order chi connectivity index (χ1) is 11.2. The molecule has 0 fully saturated rings. The molecular weight excluding hydrogens is 300 g/mol. The minimum absolute atomic E-state index is 0.942. The van der Waals surface area contributed by atoms with Crippen LogP contribution in [0, 0.1) is 13.8 Å². The summed E-state index contributed by atoms with van der Waals surface area (Å²) in [4.78, 5) is 0. The average molecular weight is 318 g/mol. The van der Waals surface area contributed by atoms with E-state index >= 15 is 0 Å². The van der Waals surface area contributed by atoms with Crippen LogP contribution in [-0.4, -0.2) is 7.11 Å². The SMILES string of the molecule is COc1ccc2c(sc3ccccc32)c1-c1cccc(C)c1C. The zero-order valence-electron chi connectivity index (χ0n) is 13.5. The third-order valence-electron chi connectivity index (χ3n) is 4.60. The summed E-state index contributed by atoms with van der Waals surface area (Å²) in [7, 11) is 1.75. The minimum Gasteiger partial charge on any atom is -0.496 e. The van der Waals surface area contributed by atoms with E-state index in [0.717, 1.165) is 5.75 Å². The Hall–Kier alpha value is -2.32. The van der Waals surface area contributed by atoms with Gasteiger partial charge in [0.15, 0.2) is 0 Å². The third-order valence-corrected chi connectivity index (χ3v) is 5.81. The van der Waals surface area contributed by atoms with E-state index in [-0.39, 0.29) is 0 Å². The molecule has 4 rings (SSSR count). The number of rotatable bonds is 2. The predicted molar refractivity (Wildman–Crippen MR) is 101 cm³/mol. The maximum atomic E-state index is 5.71. The highest BCUT2D eigenvalue weighted by atomic mass is 32.1. The van der Waals surface area contributed by atoms with Crippen LogP contribution in [-0.2, 0) is 0 Å². The minimum atomic E-state index is 0.942. The maximum absolute atomic E-state index is 5.71. The molecule has 0 aliphatic carbocycles. The summed E-state index contributed by atoms with van der Waals surface area (Å²) < 4.78 is 8.33. The number of fused-ring (bicyclic) bond motifs is 3. The second kappa shape index (κ2) is 5.39. The molecule has 114 valence electrons. The summed E-state index contributed by atoms with van der Waals surface area (Å²) in [5.41, 5.74) is 5.10. The van der Waals surface area contributed by atoms with Crippen molar-refractivity contribution in [3.05, 3.63) is 65.7 Å². The predicted octanol–water partition coefficient (Wildman–Crippen LogP) is 6.35. The van der Waals surface area contributed by atoms with Crippen LogP contribution in [0.25, 0.3) is 31.3 Å². The topological polar surface area (TPSA) is 9.23 Å². The van der Waals surface area contributed by atoms with Crippen molar-refractivity contribution in [2.45, 2.75) is 13.8 Å². The smallest absolute Gasteiger partial charge is 0.128 e. The molecule has 0 saturated heterocycles. The average Bonchev–Trinajstić information content (AvgIpc) is 2.95. The lowest BCUT2D eigenvalue weighted by Gasteiger charge is -2.14. The highest BCUT2D eigenvalue weighted by Gasteiger charge is 2.16. The van der Waals surface area contributed by atoms with Crippen molar-refractivity contribution >= 4 is 31.5 Å². The van der Waals surface area contributed by atoms with Gasteiger partial charge >= 0.3 is 0 Å². The van der Waals surface area contributed by atoms with Crippen molar-refractivity contribution in [1.82, 2.24) is 0 Å². The first-order valence-electron chi connectivity index (χ1n) is 7.75. The van der Waals surface area contributed by atoms with Gasteiger partial charge in [-0.05, 0) is 48.7 Å². The van der Waals surface area contributed by atoms with Gasteiger partial charge in [-0.25, -0.2) is 0 Å². The molecule has 1 heterocycles. The molecule has 3 aromatic carbocycles. The molecule has 0 amide bonds. The van der Waals surface area contributed by atoms with Gasteiger partial charge in [-0.2, -0.15) is 0 Å². The van der Waals surface area contributed by atoms with Gasteiger partial charge in [-0.15, -0.1) is 11.3 Å². The molecule has 0 saturated carbocycles. The lowest BCUT2D eigenvalue weighted by molar-refractivity contribution is 0.417. The number of benzene rings is 3. The van der Waals surface area contributed by atoms with Crippen LogP contribution >= 0.6 is 11.3 Å². The maximum Gasteiger partial charge on any atom is 0.128 e. The summed E-state index contributed by atoms with van der Waals surface area (Å²) in [6, 6.07) is 19.4. The number of ether oxygens (including phenoxy) is 1. The van der Waals surface area contributed by atoms with Gasteiger partial charge in [-0.1, -0.05) is 36.4 Å². The molecule has 0 atom stereocenters. The molecule has 0 aliphatic heterocycles. The largest absolute Gasteiger partial charge is 0.496 e. The summed E-state index contributed by atoms with van der Waals surface area (Å²) in [5.74, 6) is 0.942. The van der Waals surface area contributed by atoms with Crippen molar-refractivity contribution in [2.24, 2.45) is 0 Å². The van der Waals surface area contributed by atoms with E-state index in [2.05, 4.69) is 68.4 Å². The number of hydrogen-bond donors (Lipinski definition) is 0. The van der Waals surface area contributed by atoms with Crippen LogP contribution < -0.4 is 4.74 Å². The Kier molecular flexibility index (Phi) is 3.35. The Morgan fingerprint density at radius 1 is 0.826 bits per heavy atom. The van der Waals surface area contributed by atoms with Gasteiger partial charge in [0.25, 0.3) is 0 Å². The summed E-state index contributed by atoms with van der Waals surface area (Å²) >= 11 is 1.85. The Morgan fingerprint density at radius 3 is 2.48 bits per heavy atom. The highest BCUT2D eigenvalue weighted by molar-refractivity contribution is 7.26. The molecule has 0 unspecified atom stereocenters. The van der Waals surface area contributed by atoms with E-state index < -0.39 is 0 Å². The van der Waals surface area contributed by atoms with E-state index in [9.17, 15) is 0 Å². The van der Waals surface area contributed by atoms with Crippen LogP contribution in [0.1, 0.15) is 11.1 Å². The standard InChI is InChI=1S/C21H18OS/c1-13-7-6-9-15(14(13)2)20-18(22-3)12-11-17-16-8-4-5-10-19(16)23-21(17)20/h4-12H,1-3H3. The number of thiophene rings is 1. The Labute approximate surface area is 140 Å². The summed E-state index contributed by atoms with van der Waals surface area (Å²) in [5, 5.41) is 2.63. The number of aryl methyl sites for hydroxylation is 1.